The second-order valence-corrected chi connectivity index (χ2v) is 4.54. The van der Waals surface area contributed by atoms with Gasteiger partial charge in [0.1, 0.15) is 0 Å². The first-order chi connectivity index (χ1) is 8.40. The molecule has 0 amide bonds. The summed E-state index contributed by atoms with van der Waals surface area (Å²) in [6, 6.07) is 2.04. The van der Waals surface area contributed by atoms with E-state index in [0.29, 0.717) is 0 Å². The molecule has 2 heterocycles. The standard InChI is InChI=1S/C13H22N4/c1-2-3-4-5-12-6-7-15-13(16-12)17-10-8-14-9-11-17/h6-7,14H,2-5,8-11H2,1H3. The lowest BCUT2D eigenvalue weighted by atomic mass is 10.1. The Balaban J connectivity index is 1.95. The molecular formula is C13H22N4. The summed E-state index contributed by atoms with van der Waals surface area (Å²) in [5.41, 5.74) is 1.18. The highest BCUT2D eigenvalue weighted by Gasteiger charge is 2.12. The van der Waals surface area contributed by atoms with Gasteiger partial charge < -0.3 is 10.2 Å². The molecule has 0 aliphatic carbocycles. The van der Waals surface area contributed by atoms with Gasteiger partial charge in [0.2, 0.25) is 5.95 Å². The van der Waals surface area contributed by atoms with Gasteiger partial charge in [-0.1, -0.05) is 19.8 Å². The van der Waals surface area contributed by atoms with Gasteiger partial charge in [-0.15, -0.1) is 0 Å². The van der Waals surface area contributed by atoms with Gasteiger partial charge in [-0.25, -0.2) is 9.97 Å². The van der Waals surface area contributed by atoms with Gasteiger partial charge in [-0.05, 0) is 18.9 Å². The summed E-state index contributed by atoms with van der Waals surface area (Å²) < 4.78 is 0. The third-order valence-electron chi connectivity index (χ3n) is 3.14. The first kappa shape index (κ1) is 12.3. The predicted molar refractivity (Wildman–Crippen MR) is 70.3 cm³/mol. The van der Waals surface area contributed by atoms with Gasteiger partial charge in [0.15, 0.2) is 0 Å². The Morgan fingerprint density at radius 3 is 2.88 bits per heavy atom. The van der Waals surface area contributed by atoms with Crippen LogP contribution in [-0.2, 0) is 6.42 Å². The van der Waals surface area contributed by atoms with E-state index in [1.165, 1.54) is 25.0 Å². The Hall–Kier alpha value is -1.16. The third-order valence-corrected chi connectivity index (χ3v) is 3.14. The largest absolute Gasteiger partial charge is 0.338 e. The first-order valence-electron chi connectivity index (χ1n) is 6.67. The molecule has 4 heteroatoms. The molecule has 0 radical (unpaired) electrons. The molecule has 1 aromatic heterocycles. The van der Waals surface area contributed by atoms with Crippen molar-refractivity contribution in [3.05, 3.63) is 18.0 Å². The third kappa shape index (κ3) is 3.66. The van der Waals surface area contributed by atoms with Crippen LogP contribution in [0.2, 0.25) is 0 Å². The molecule has 1 saturated heterocycles. The zero-order valence-electron chi connectivity index (χ0n) is 10.7. The van der Waals surface area contributed by atoms with Crippen LogP contribution in [0.1, 0.15) is 31.9 Å². The molecule has 0 aromatic carbocycles. The van der Waals surface area contributed by atoms with E-state index >= 15 is 0 Å². The van der Waals surface area contributed by atoms with Crippen LogP contribution >= 0.6 is 0 Å². The van der Waals surface area contributed by atoms with Crippen LogP contribution in [0.15, 0.2) is 12.3 Å². The quantitative estimate of drug-likeness (QED) is 0.786. The Kier molecular flexibility index (Phi) is 4.74. The number of hydrogen-bond donors (Lipinski definition) is 1. The molecule has 4 nitrogen and oxygen atoms in total. The van der Waals surface area contributed by atoms with Crippen LogP contribution in [0.5, 0.6) is 0 Å². The summed E-state index contributed by atoms with van der Waals surface area (Å²) in [6.45, 7) is 6.32. The fourth-order valence-corrected chi connectivity index (χ4v) is 2.10. The van der Waals surface area contributed by atoms with E-state index in [1.807, 2.05) is 12.3 Å². The summed E-state index contributed by atoms with van der Waals surface area (Å²) in [4.78, 5) is 11.3. The number of nitrogens with one attached hydrogen (secondary N) is 1. The van der Waals surface area contributed by atoms with Crippen molar-refractivity contribution in [1.29, 1.82) is 0 Å². The molecule has 17 heavy (non-hydrogen) atoms. The Morgan fingerprint density at radius 2 is 2.12 bits per heavy atom. The molecule has 0 saturated carbocycles. The Morgan fingerprint density at radius 1 is 1.29 bits per heavy atom. The van der Waals surface area contributed by atoms with E-state index in [4.69, 9.17) is 0 Å². The lowest BCUT2D eigenvalue weighted by molar-refractivity contribution is 0.578. The van der Waals surface area contributed by atoms with Crippen molar-refractivity contribution in [1.82, 2.24) is 15.3 Å². The molecule has 1 N–H and O–H groups in total. The molecule has 1 aliphatic heterocycles. The monoisotopic (exact) mass is 234 g/mol. The van der Waals surface area contributed by atoms with Gasteiger partial charge in [0.25, 0.3) is 0 Å². The van der Waals surface area contributed by atoms with E-state index in [1.54, 1.807) is 0 Å². The normalized spacial score (nSPS) is 16.2. The highest BCUT2D eigenvalue weighted by molar-refractivity contribution is 5.31. The van der Waals surface area contributed by atoms with Crippen LogP contribution in [0.3, 0.4) is 0 Å². The van der Waals surface area contributed by atoms with Crippen LogP contribution in [-0.4, -0.2) is 36.1 Å². The molecule has 2 rings (SSSR count). The number of piperazine rings is 1. The lowest BCUT2D eigenvalue weighted by Gasteiger charge is -2.27. The molecule has 0 atom stereocenters. The number of rotatable bonds is 5. The van der Waals surface area contributed by atoms with E-state index < -0.39 is 0 Å². The summed E-state index contributed by atoms with van der Waals surface area (Å²) >= 11 is 0. The van der Waals surface area contributed by atoms with E-state index in [0.717, 1.165) is 38.5 Å². The second-order valence-electron chi connectivity index (χ2n) is 4.54. The minimum atomic E-state index is 0.903. The van der Waals surface area contributed by atoms with Crippen molar-refractivity contribution in [2.75, 3.05) is 31.1 Å². The van der Waals surface area contributed by atoms with Crippen LogP contribution < -0.4 is 10.2 Å². The van der Waals surface area contributed by atoms with Crippen LogP contribution in [0.4, 0.5) is 5.95 Å². The van der Waals surface area contributed by atoms with Gasteiger partial charge in [0.05, 0.1) is 0 Å². The molecule has 1 aromatic rings. The van der Waals surface area contributed by atoms with Gasteiger partial charge in [0, 0.05) is 38.1 Å². The number of unbranched alkanes of at least 4 members (excludes halogenated alkanes) is 2. The van der Waals surface area contributed by atoms with Crippen molar-refractivity contribution < 1.29 is 0 Å². The second kappa shape index (κ2) is 6.55. The van der Waals surface area contributed by atoms with Crippen molar-refractivity contribution in [3.63, 3.8) is 0 Å². The summed E-state index contributed by atoms with van der Waals surface area (Å²) in [6.07, 6.45) is 6.75. The Labute approximate surface area is 103 Å². The fraction of sp³-hybridized carbons (Fsp3) is 0.692. The van der Waals surface area contributed by atoms with Crippen LogP contribution in [0.25, 0.3) is 0 Å². The summed E-state index contributed by atoms with van der Waals surface area (Å²) in [7, 11) is 0. The highest BCUT2D eigenvalue weighted by atomic mass is 15.3. The SMILES string of the molecule is CCCCCc1ccnc(N2CCNCC2)n1. The zero-order chi connectivity index (χ0) is 11.9. The smallest absolute Gasteiger partial charge is 0.225 e. The molecule has 94 valence electrons. The number of anilines is 1. The summed E-state index contributed by atoms with van der Waals surface area (Å²) in [5, 5.41) is 3.34. The average Bonchev–Trinajstić information content (AvgIpc) is 2.41. The number of aryl methyl sites for hydroxylation is 1. The maximum absolute atomic E-state index is 4.66. The van der Waals surface area contributed by atoms with E-state index in [-0.39, 0.29) is 0 Å². The summed E-state index contributed by atoms with van der Waals surface area (Å²) in [5.74, 6) is 0.903. The lowest BCUT2D eigenvalue weighted by Crippen LogP contribution is -2.44. The van der Waals surface area contributed by atoms with Crippen molar-refractivity contribution >= 4 is 5.95 Å². The van der Waals surface area contributed by atoms with Gasteiger partial charge in [-0.3, -0.25) is 0 Å². The molecular weight excluding hydrogens is 212 g/mol. The molecule has 1 aliphatic rings. The Bertz CT molecular complexity index is 334. The zero-order valence-corrected chi connectivity index (χ0v) is 10.7. The first-order valence-corrected chi connectivity index (χ1v) is 6.67. The van der Waals surface area contributed by atoms with E-state index in [9.17, 15) is 0 Å². The van der Waals surface area contributed by atoms with E-state index in [2.05, 4.69) is 27.1 Å². The molecule has 0 unspecified atom stereocenters. The van der Waals surface area contributed by atoms with Gasteiger partial charge in [-0.2, -0.15) is 0 Å². The minimum Gasteiger partial charge on any atom is -0.338 e. The average molecular weight is 234 g/mol. The van der Waals surface area contributed by atoms with Crippen molar-refractivity contribution in [2.45, 2.75) is 32.6 Å². The molecule has 1 fully saturated rings. The van der Waals surface area contributed by atoms with Crippen molar-refractivity contribution in [2.24, 2.45) is 0 Å². The number of aromatic nitrogens is 2. The maximum atomic E-state index is 4.66. The predicted octanol–water partition coefficient (Wildman–Crippen LogP) is 1.62. The van der Waals surface area contributed by atoms with Crippen molar-refractivity contribution in [3.8, 4) is 0 Å². The van der Waals surface area contributed by atoms with Crippen LogP contribution in [0, 0.1) is 0 Å². The topological polar surface area (TPSA) is 41.1 Å². The highest BCUT2D eigenvalue weighted by Crippen LogP contribution is 2.10. The minimum absolute atomic E-state index is 0.903. The molecule has 0 spiro atoms. The molecule has 0 bridgehead atoms. The number of nitrogens with zero attached hydrogens (tertiary/aromatic N) is 3. The fourth-order valence-electron chi connectivity index (χ4n) is 2.10. The van der Waals surface area contributed by atoms with Gasteiger partial charge >= 0.3 is 0 Å². The maximum Gasteiger partial charge on any atom is 0.225 e. The number of hydrogen-bond acceptors (Lipinski definition) is 4.